The number of aromatic amines is 1. The summed E-state index contributed by atoms with van der Waals surface area (Å²) in [7, 11) is 0. The van der Waals surface area contributed by atoms with E-state index in [9.17, 15) is 0 Å². The molecule has 2 aromatic heterocycles. The van der Waals surface area contributed by atoms with Gasteiger partial charge in [0.05, 0.1) is 0 Å². The van der Waals surface area contributed by atoms with Gasteiger partial charge in [0.15, 0.2) is 5.52 Å². The summed E-state index contributed by atoms with van der Waals surface area (Å²) in [6.07, 6.45) is 0. The second-order valence-electron chi connectivity index (χ2n) is 1.98. The Morgan fingerprint density at radius 1 is 1.30 bits per heavy atom. The van der Waals surface area contributed by atoms with Gasteiger partial charge >= 0.3 is 0 Å². The van der Waals surface area contributed by atoms with Crippen LogP contribution in [0, 0.1) is 0 Å². The molecule has 1 N–H and O–H groups in total. The number of H-pyrrole nitrogens is 1. The smallest absolute Gasteiger partial charge is 0.266 e. The van der Waals surface area contributed by atoms with Crippen molar-refractivity contribution < 1.29 is 4.42 Å². The molecule has 50 valence electrons. The van der Waals surface area contributed by atoms with Crippen LogP contribution >= 0.6 is 0 Å². The van der Waals surface area contributed by atoms with Crippen molar-refractivity contribution in [1.82, 2.24) is 15.4 Å². The molecule has 0 radical (unpaired) electrons. The maximum atomic E-state index is 5.06. The lowest BCUT2D eigenvalue weighted by Crippen LogP contribution is -2.15. The Morgan fingerprint density at radius 2 is 2.10 bits per heavy atom. The molecule has 0 atom stereocenters. The van der Waals surface area contributed by atoms with Gasteiger partial charge in [0, 0.05) is 5.22 Å². The van der Waals surface area contributed by atoms with Crippen LogP contribution in [0.1, 0.15) is 0 Å². The van der Waals surface area contributed by atoms with Crippen molar-refractivity contribution in [3.05, 3.63) is 10.6 Å². The van der Waals surface area contributed by atoms with E-state index in [0.717, 1.165) is 0 Å². The second kappa shape index (κ2) is 1.47. The van der Waals surface area contributed by atoms with Crippen LogP contribution in [0.3, 0.4) is 0 Å². The standard InChI is InChI=1S/C6H5N3O/c1-3-4(2)10-6-5(3)7-9-8-6/h1-2H2,(H,7,8,9). The molecule has 2 rings (SSSR count). The van der Waals surface area contributed by atoms with E-state index in [-0.39, 0.29) is 0 Å². The predicted molar refractivity (Wildman–Crippen MR) is 36.4 cm³/mol. The maximum Gasteiger partial charge on any atom is 0.266 e. The minimum absolute atomic E-state index is 0.468. The number of hydrogen-bond acceptors (Lipinski definition) is 3. The van der Waals surface area contributed by atoms with Gasteiger partial charge in [-0.1, -0.05) is 13.2 Å². The molecule has 4 nitrogen and oxygen atoms in total. The van der Waals surface area contributed by atoms with Crippen molar-refractivity contribution in [2.75, 3.05) is 0 Å². The van der Waals surface area contributed by atoms with Crippen LogP contribution in [0.25, 0.3) is 24.4 Å². The van der Waals surface area contributed by atoms with Crippen molar-refractivity contribution in [3.8, 4) is 0 Å². The Balaban J connectivity index is 3.24. The van der Waals surface area contributed by atoms with Gasteiger partial charge in [-0.25, -0.2) is 0 Å². The molecule has 10 heavy (non-hydrogen) atoms. The Hall–Kier alpha value is -1.58. The van der Waals surface area contributed by atoms with Crippen molar-refractivity contribution in [2.45, 2.75) is 0 Å². The fourth-order valence-electron chi connectivity index (χ4n) is 0.799. The summed E-state index contributed by atoms with van der Waals surface area (Å²) in [5, 5.41) is 10.6. The number of nitrogens with one attached hydrogen (secondary N) is 1. The van der Waals surface area contributed by atoms with Gasteiger partial charge in [-0.3, -0.25) is 0 Å². The third kappa shape index (κ3) is 0.452. The highest BCUT2D eigenvalue weighted by Gasteiger charge is 2.02. The molecule has 0 fully saturated rings. The lowest BCUT2D eigenvalue weighted by Gasteiger charge is -1.67. The highest BCUT2D eigenvalue weighted by molar-refractivity contribution is 5.67. The predicted octanol–water partition coefficient (Wildman–Crippen LogP) is -0.629. The average Bonchev–Trinajstić information content (AvgIpc) is 2.41. The summed E-state index contributed by atoms with van der Waals surface area (Å²) in [5.74, 6) is 0. The average molecular weight is 135 g/mol. The lowest BCUT2D eigenvalue weighted by atomic mass is 10.4. The van der Waals surface area contributed by atoms with Crippen molar-refractivity contribution in [1.29, 1.82) is 0 Å². The molecule has 0 saturated heterocycles. The van der Waals surface area contributed by atoms with Crippen molar-refractivity contribution in [3.63, 3.8) is 0 Å². The van der Waals surface area contributed by atoms with Gasteiger partial charge in [-0.15, -0.1) is 5.10 Å². The van der Waals surface area contributed by atoms with Gasteiger partial charge in [0.2, 0.25) is 0 Å². The van der Waals surface area contributed by atoms with Crippen LogP contribution < -0.4 is 10.6 Å². The topological polar surface area (TPSA) is 54.7 Å². The summed E-state index contributed by atoms with van der Waals surface area (Å²) in [6.45, 7) is 7.31. The van der Waals surface area contributed by atoms with Gasteiger partial charge in [0.25, 0.3) is 5.71 Å². The van der Waals surface area contributed by atoms with Crippen molar-refractivity contribution in [2.24, 2.45) is 0 Å². The van der Waals surface area contributed by atoms with Crippen LogP contribution in [0.5, 0.6) is 0 Å². The number of nitrogens with zero attached hydrogens (tertiary/aromatic N) is 2. The van der Waals surface area contributed by atoms with Gasteiger partial charge < -0.3 is 4.42 Å². The van der Waals surface area contributed by atoms with E-state index < -0.39 is 0 Å². The Morgan fingerprint density at radius 3 is 2.80 bits per heavy atom. The Labute approximate surface area is 55.8 Å². The summed E-state index contributed by atoms with van der Waals surface area (Å²) in [4.78, 5) is 0. The molecule has 2 heterocycles. The number of rotatable bonds is 0. The lowest BCUT2D eigenvalue weighted by molar-refractivity contribution is 0.562. The molecule has 0 spiro atoms. The first kappa shape index (κ1) is 5.22. The number of fused-ring (bicyclic) bond motifs is 1. The highest BCUT2D eigenvalue weighted by Crippen LogP contribution is 1.95. The molecule has 0 saturated carbocycles. The number of aromatic nitrogens is 3. The molecule has 0 aliphatic heterocycles. The maximum absolute atomic E-state index is 5.06. The molecule has 0 unspecified atom stereocenters. The van der Waals surface area contributed by atoms with E-state index in [2.05, 4.69) is 28.6 Å². The fraction of sp³-hybridized carbons (Fsp3) is 0. The normalized spacial score (nSPS) is 10.8. The Bertz CT molecular complexity index is 453. The Kier molecular flexibility index (Phi) is 0.768. The molecule has 2 aromatic rings. The van der Waals surface area contributed by atoms with Gasteiger partial charge in [-0.2, -0.15) is 10.3 Å². The summed E-state index contributed by atoms with van der Waals surface area (Å²) >= 11 is 0. The van der Waals surface area contributed by atoms with E-state index >= 15 is 0 Å². The zero-order chi connectivity index (χ0) is 7.14. The van der Waals surface area contributed by atoms with Crippen LogP contribution in [-0.4, -0.2) is 15.4 Å². The molecule has 0 aliphatic rings. The van der Waals surface area contributed by atoms with Gasteiger partial charge in [0.1, 0.15) is 5.42 Å². The van der Waals surface area contributed by atoms with E-state index in [1.54, 1.807) is 0 Å². The summed E-state index contributed by atoms with van der Waals surface area (Å²) in [5.41, 5.74) is 1.65. The first-order valence-corrected chi connectivity index (χ1v) is 2.76. The quantitative estimate of drug-likeness (QED) is 0.523. The van der Waals surface area contributed by atoms with Crippen LogP contribution in [0.15, 0.2) is 4.42 Å². The third-order valence-corrected chi connectivity index (χ3v) is 1.36. The summed E-state index contributed by atoms with van der Waals surface area (Å²) in [6, 6.07) is 0. The zero-order valence-corrected chi connectivity index (χ0v) is 5.22. The third-order valence-electron chi connectivity index (χ3n) is 1.36. The zero-order valence-electron chi connectivity index (χ0n) is 5.22. The highest BCUT2D eigenvalue weighted by atomic mass is 16.3. The number of furan rings is 1. The largest absolute Gasteiger partial charge is 0.436 e. The first-order chi connectivity index (χ1) is 4.79. The second-order valence-corrected chi connectivity index (χ2v) is 1.98. The van der Waals surface area contributed by atoms with Crippen LogP contribution in [0.2, 0.25) is 0 Å². The van der Waals surface area contributed by atoms with E-state index in [4.69, 9.17) is 4.42 Å². The van der Waals surface area contributed by atoms with E-state index in [1.807, 2.05) is 0 Å². The molecular weight excluding hydrogens is 130 g/mol. The van der Waals surface area contributed by atoms with Crippen molar-refractivity contribution >= 4 is 24.4 Å². The van der Waals surface area contributed by atoms with Gasteiger partial charge in [-0.05, 0) is 0 Å². The van der Waals surface area contributed by atoms with Crippen LogP contribution in [0.4, 0.5) is 0 Å². The number of hydrogen-bond donors (Lipinski definition) is 1. The fourth-order valence-corrected chi connectivity index (χ4v) is 0.799. The SMILES string of the molecule is C=c1oc2n[nH]nc2c1=C. The van der Waals surface area contributed by atoms with E-state index in [1.165, 1.54) is 0 Å². The molecule has 0 aliphatic carbocycles. The first-order valence-electron chi connectivity index (χ1n) is 2.76. The minimum Gasteiger partial charge on any atom is -0.436 e. The minimum atomic E-state index is 0.468. The molecular formula is C6H5N3O. The van der Waals surface area contributed by atoms with Crippen LogP contribution in [-0.2, 0) is 0 Å². The molecule has 0 amide bonds. The monoisotopic (exact) mass is 135 g/mol. The molecule has 4 heteroatoms. The van der Waals surface area contributed by atoms with E-state index in [0.29, 0.717) is 21.9 Å². The molecule has 0 aromatic carbocycles. The molecule has 0 bridgehead atoms. The summed E-state index contributed by atoms with van der Waals surface area (Å²) < 4.78 is 5.06.